The summed E-state index contributed by atoms with van der Waals surface area (Å²) < 4.78 is 0. The molecule has 24 heavy (non-hydrogen) atoms. The largest absolute Gasteiger partial charge is 0.375 e. The molecule has 7 heteroatoms. The Morgan fingerprint density at radius 3 is 2.33 bits per heavy atom. The van der Waals surface area contributed by atoms with E-state index in [1.54, 1.807) is 56.6 Å². The second-order valence-electron chi connectivity index (χ2n) is 5.28. The number of anilines is 2. The molecule has 2 N–H and O–H groups in total. The van der Waals surface area contributed by atoms with E-state index in [9.17, 15) is 9.59 Å². The molecule has 0 aliphatic carbocycles. The molecule has 2 aromatic rings. The first-order valence-electron chi connectivity index (χ1n) is 7.18. The van der Waals surface area contributed by atoms with Crippen molar-refractivity contribution in [1.82, 2.24) is 4.90 Å². The number of nitrogens with one attached hydrogen (secondary N) is 2. The van der Waals surface area contributed by atoms with Crippen LogP contribution in [0.5, 0.6) is 0 Å². The number of hydrogen-bond donors (Lipinski definition) is 2. The molecule has 0 radical (unpaired) electrons. The standard InChI is InChI=1S/C17H17Cl2N3O2/c1-22(2)17(24)11-6-8-12(9-7-11)21-15(23)10-20-14-5-3-4-13(18)16(14)19/h3-9,20H,10H2,1-2H3,(H,21,23). The molecule has 5 nitrogen and oxygen atoms in total. The Morgan fingerprint density at radius 2 is 1.71 bits per heavy atom. The van der Waals surface area contributed by atoms with Crippen LogP contribution < -0.4 is 10.6 Å². The molecule has 0 saturated carbocycles. The van der Waals surface area contributed by atoms with Gasteiger partial charge >= 0.3 is 0 Å². The lowest BCUT2D eigenvalue weighted by atomic mass is 10.2. The topological polar surface area (TPSA) is 61.4 Å². The summed E-state index contributed by atoms with van der Waals surface area (Å²) >= 11 is 12.0. The van der Waals surface area contributed by atoms with Gasteiger partial charge < -0.3 is 15.5 Å². The quantitative estimate of drug-likeness (QED) is 0.847. The van der Waals surface area contributed by atoms with E-state index in [2.05, 4.69) is 10.6 Å². The Balaban J connectivity index is 1.93. The van der Waals surface area contributed by atoms with Crippen molar-refractivity contribution in [1.29, 1.82) is 0 Å². The first-order chi connectivity index (χ1) is 11.4. The van der Waals surface area contributed by atoms with Crippen LogP contribution in [0.3, 0.4) is 0 Å². The van der Waals surface area contributed by atoms with E-state index >= 15 is 0 Å². The van der Waals surface area contributed by atoms with E-state index in [0.717, 1.165) is 0 Å². The lowest BCUT2D eigenvalue weighted by molar-refractivity contribution is -0.114. The number of rotatable bonds is 5. The smallest absolute Gasteiger partial charge is 0.253 e. The van der Waals surface area contributed by atoms with Gasteiger partial charge in [0.25, 0.3) is 5.91 Å². The van der Waals surface area contributed by atoms with Gasteiger partial charge in [0, 0.05) is 25.3 Å². The summed E-state index contributed by atoms with van der Waals surface area (Å²) in [6.07, 6.45) is 0. The predicted molar refractivity (Wildman–Crippen MR) is 98.0 cm³/mol. The summed E-state index contributed by atoms with van der Waals surface area (Å²) in [4.78, 5) is 25.3. The minimum absolute atomic E-state index is 0.0401. The molecule has 2 amide bonds. The monoisotopic (exact) mass is 365 g/mol. The van der Waals surface area contributed by atoms with Crippen molar-refractivity contribution < 1.29 is 9.59 Å². The molecule has 126 valence electrons. The van der Waals surface area contributed by atoms with Crippen molar-refractivity contribution in [3.8, 4) is 0 Å². The average molecular weight is 366 g/mol. The molecule has 0 fully saturated rings. The molecular weight excluding hydrogens is 349 g/mol. The van der Waals surface area contributed by atoms with Crippen LogP contribution in [0.2, 0.25) is 10.0 Å². The van der Waals surface area contributed by atoms with E-state index in [1.807, 2.05) is 0 Å². The number of hydrogen-bond acceptors (Lipinski definition) is 3. The molecule has 0 unspecified atom stereocenters. The maximum Gasteiger partial charge on any atom is 0.253 e. The molecule has 2 aromatic carbocycles. The highest BCUT2D eigenvalue weighted by molar-refractivity contribution is 6.43. The number of amides is 2. The molecular formula is C17H17Cl2N3O2. The number of halogens is 2. The van der Waals surface area contributed by atoms with Gasteiger partial charge in [0.05, 0.1) is 22.3 Å². The van der Waals surface area contributed by atoms with E-state index in [-0.39, 0.29) is 18.4 Å². The first-order valence-corrected chi connectivity index (χ1v) is 7.93. The summed E-state index contributed by atoms with van der Waals surface area (Å²) in [7, 11) is 3.37. The third-order valence-electron chi connectivity index (χ3n) is 3.21. The summed E-state index contributed by atoms with van der Waals surface area (Å²) in [5.74, 6) is -0.331. The molecule has 0 atom stereocenters. The molecule has 0 spiro atoms. The summed E-state index contributed by atoms with van der Waals surface area (Å²) in [6.45, 7) is 0.0401. The van der Waals surface area contributed by atoms with Gasteiger partial charge in [0.15, 0.2) is 0 Å². The van der Waals surface area contributed by atoms with Gasteiger partial charge in [-0.2, -0.15) is 0 Å². The highest BCUT2D eigenvalue weighted by Gasteiger charge is 2.09. The van der Waals surface area contributed by atoms with Gasteiger partial charge in [0.1, 0.15) is 0 Å². The van der Waals surface area contributed by atoms with Gasteiger partial charge in [-0.25, -0.2) is 0 Å². The van der Waals surface area contributed by atoms with Gasteiger partial charge in [0.2, 0.25) is 5.91 Å². The van der Waals surface area contributed by atoms with Crippen molar-refractivity contribution in [2.75, 3.05) is 31.3 Å². The Hall–Kier alpha value is -2.24. The van der Waals surface area contributed by atoms with Crippen LogP contribution in [0.4, 0.5) is 11.4 Å². The lowest BCUT2D eigenvalue weighted by Gasteiger charge is -2.12. The van der Waals surface area contributed by atoms with Crippen molar-refractivity contribution in [3.63, 3.8) is 0 Å². The van der Waals surface area contributed by atoms with E-state index in [0.29, 0.717) is 27.0 Å². The van der Waals surface area contributed by atoms with Crippen molar-refractivity contribution in [2.45, 2.75) is 0 Å². The summed E-state index contributed by atoms with van der Waals surface area (Å²) in [5.41, 5.74) is 1.75. The van der Waals surface area contributed by atoms with E-state index in [4.69, 9.17) is 23.2 Å². The van der Waals surface area contributed by atoms with Gasteiger partial charge in [-0.3, -0.25) is 9.59 Å². The fourth-order valence-corrected chi connectivity index (χ4v) is 2.34. The fraction of sp³-hybridized carbons (Fsp3) is 0.176. The third kappa shape index (κ3) is 4.63. The van der Waals surface area contributed by atoms with Crippen LogP contribution in [-0.4, -0.2) is 37.4 Å². The van der Waals surface area contributed by atoms with Crippen molar-refractivity contribution in [3.05, 3.63) is 58.1 Å². The number of nitrogens with zero attached hydrogens (tertiary/aromatic N) is 1. The maximum atomic E-state index is 12.0. The van der Waals surface area contributed by atoms with Crippen LogP contribution in [0.1, 0.15) is 10.4 Å². The molecule has 0 aliphatic rings. The predicted octanol–water partition coefficient (Wildman–Crippen LogP) is 3.75. The summed E-state index contributed by atoms with van der Waals surface area (Å²) in [5, 5.41) is 6.46. The zero-order valence-corrected chi connectivity index (χ0v) is 14.8. The minimum Gasteiger partial charge on any atom is -0.375 e. The Bertz CT molecular complexity index is 746. The average Bonchev–Trinajstić information content (AvgIpc) is 2.56. The van der Waals surface area contributed by atoms with Gasteiger partial charge in [-0.1, -0.05) is 29.3 Å². The van der Waals surface area contributed by atoms with Gasteiger partial charge in [-0.15, -0.1) is 0 Å². The maximum absolute atomic E-state index is 12.0. The number of carbonyl (C=O) groups is 2. The van der Waals surface area contributed by atoms with Crippen LogP contribution in [0.15, 0.2) is 42.5 Å². The zero-order chi connectivity index (χ0) is 17.7. The zero-order valence-electron chi connectivity index (χ0n) is 13.3. The molecule has 0 aromatic heterocycles. The van der Waals surface area contributed by atoms with Crippen molar-refractivity contribution in [2.24, 2.45) is 0 Å². The fourth-order valence-electron chi connectivity index (χ4n) is 1.98. The number of benzene rings is 2. The summed E-state index contributed by atoms with van der Waals surface area (Å²) in [6, 6.07) is 11.9. The highest BCUT2D eigenvalue weighted by atomic mass is 35.5. The second kappa shape index (κ2) is 8.04. The molecule has 0 heterocycles. The molecule has 2 rings (SSSR count). The Morgan fingerprint density at radius 1 is 1.04 bits per heavy atom. The lowest BCUT2D eigenvalue weighted by Crippen LogP contribution is -2.23. The van der Waals surface area contributed by atoms with E-state index < -0.39 is 0 Å². The van der Waals surface area contributed by atoms with Crippen molar-refractivity contribution >= 4 is 46.4 Å². The highest BCUT2D eigenvalue weighted by Crippen LogP contribution is 2.29. The third-order valence-corrected chi connectivity index (χ3v) is 4.03. The molecule has 0 saturated heterocycles. The molecule has 0 bridgehead atoms. The normalized spacial score (nSPS) is 10.2. The number of carbonyl (C=O) groups excluding carboxylic acids is 2. The van der Waals surface area contributed by atoms with E-state index in [1.165, 1.54) is 4.90 Å². The van der Waals surface area contributed by atoms with Crippen LogP contribution in [-0.2, 0) is 4.79 Å². The van der Waals surface area contributed by atoms with Crippen LogP contribution in [0.25, 0.3) is 0 Å². The van der Waals surface area contributed by atoms with Crippen LogP contribution in [0, 0.1) is 0 Å². The Labute approximate surface area is 150 Å². The minimum atomic E-state index is -0.238. The first kappa shape index (κ1) is 18.1. The Kier molecular flexibility index (Phi) is 6.06. The SMILES string of the molecule is CN(C)C(=O)c1ccc(NC(=O)CNc2cccc(Cl)c2Cl)cc1. The van der Waals surface area contributed by atoms with Crippen LogP contribution >= 0.6 is 23.2 Å². The van der Waals surface area contributed by atoms with Gasteiger partial charge in [-0.05, 0) is 36.4 Å². The second-order valence-corrected chi connectivity index (χ2v) is 6.07. The molecule has 0 aliphatic heterocycles.